The molecule has 0 saturated heterocycles. The highest BCUT2D eigenvalue weighted by Gasteiger charge is 2.11. The van der Waals surface area contributed by atoms with Crippen LogP contribution in [-0.2, 0) is 0 Å². The highest BCUT2D eigenvalue weighted by atomic mass is 79.9. The molecule has 0 unspecified atom stereocenters. The maximum absolute atomic E-state index is 11.1. The molecule has 0 radical (unpaired) electrons. The zero-order valence-electron chi connectivity index (χ0n) is 11.3. The molecule has 104 valence electrons. The monoisotopic (exact) mass is 334 g/mol. The van der Waals surface area contributed by atoms with Crippen molar-refractivity contribution in [2.24, 2.45) is 0 Å². The lowest BCUT2D eigenvalue weighted by Crippen LogP contribution is -1.98. The van der Waals surface area contributed by atoms with Gasteiger partial charge in [0, 0.05) is 4.47 Å². The van der Waals surface area contributed by atoms with E-state index in [2.05, 4.69) is 29.8 Å². The number of carboxylic acid groups (broad SMARTS) is 1. The van der Waals surface area contributed by atoms with Gasteiger partial charge in [-0.15, -0.1) is 0 Å². The molecular formula is C16H15BrO3. The fourth-order valence-electron chi connectivity index (χ4n) is 1.92. The number of hydrogen-bond acceptors (Lipinski definition) is 2. The zero-order valence-corrected chi connectivity index (χ0v) is 12.8. The summed E-state index contributed by atoms with van der Waals surface area (Å²) in [7, 11) is 0. The molecule has 0 atom stereocenters. The normalized spacial score (nSPS) is 10.6. The Morgan fingerprint density at radius 1 is 1.20 bits per heavy atom. The number of carbonyl (C=O) groups is 1. The lowest BCUT2D eigenvalue weighted by Gasteiger charge is -2.14. The van der Waals surface area contributed by atoms with Crippen LogP contribution >= 0.6 is 15.9 Å². The molecule has 0 saturated carbocycles. The van der Waals surface area contributed by atoms with E-state index in [1.165, 1.54) is 6.07 Å². The molecule has 0 bridgehead atoms. The molecule has 0 aliphatic carbocycles. The van der Waals surface area contributed by atoms with Crippen molar-refractivity contribution in [1.82, 2.24) is 0 Å². The van der Waals surface area contributed by atoms with Gasteiger partial charge >= 0.3 is 5.97 Å². The predicted molar refractivity (Wildman–Crippen MR) is 81.7 cm³/mol. The minimum absolute atomic E-state index is 0.191. The quantitative estimate of drug-likeness (QED) is 0.849. The summed E-state index contributed by atoms with van der Waals surface area (Å²) in [4.78, 5) is 11.1. The predicted octanol–water partition coefficient (Wildman–Crippen LogP) is 5.06. The second kappa shape index (κ2) is 6.09. The van der Waals surface area contributed by atoms with Crippen LogP contribution in [0.4, 0.5) is 0 Å². The van der Waals surface area contributed by atoms with Gasteiger partial charge in [-0.25, -0.2) is 4.79 Å². The lowest BCUT2D eigenvalue weighted by atomic mass is 10.0. The van der Waals surface area contributed by atoms with Crippen LogP contribution in [0.2, 0.25) is 0 Å². The van der Waals surface area contributed by atoms with Crippen molar-refractivity contribution >= 4 is 21.9 Å². The minimum Gasteiger partial charge on any atom is -0.478 e. The second-order valence-electron chi connectivity index (χ2n) is 4.78. The summed E-state index contributed by atoms with van der Waals surface area (Å²) in [5.74, 6) is 0.604. The van der Waals surface area contributed by atoms with E-state index in [1.807, 2.05) is 24.3 Å². The van der Waals surface area contributed by atoms with Gasteiger partial charge in [-0.05, 0) is 35.7 Å². The van der Waals surface area contributed by atoms with Gasteiger partial charge in [0.2, 0.25) is 0 Å². The number of hydrogen-bond donors (Lipinski definition) is 1. The van der Waals surface area contributed by atoms with Crippen LogP contribution in [-0.4, -0.2) is 11.1 Å². The van der Waals surface area contributed by atoms with E-state index in [0.29, 0.717) is 16.1 Å². The van der Waals surface area contributed by atoms with Crippen LogP contribution in [0.15, 0.2) is 46.9 Å². The van der Waals surface area contributed by atoms with Crippen LogP contribution in [0.25, 0.3) is 0 Å². The summed E-state index contributed by atoms with van der Waals surface area (Å²) in [5.41, 5.74) is 1.28. The van der Waals surface area contributed by atoms with E-state index in [9.17, 15) is 4.79 Å². The average molecular weight is 335 g/mol. The Hall–Kier alpha value is -1.81. The third-order valence-corrected chi connectivity index (χ3v) is 3.34. The SMILES string of the molecule is CC(C)c1ccccc1Oc1cc(Br)cc(C(=O)O)c1. The van der Waals surface area contributed by atoms with E-state index in [-0.39, 0.29) is 5.56 Å². The Balaban J connectivity index is 2.37. The summed E-state index contributed by atoms with van der Waals surface area (Å²) in [6.45, 7) is 4.18. The van der Waals surface area contributed by atoms with E-state index < -0.39 is 5.97 Å². The standard InChI is InChI=1S/C16H15BrO3/c1-10(2)14-5-3-4-6-15(14)20-13-8-11(16(18)19)7-12(17)9-13/h3-10H,1-2H3,(H,18,19). The van der Waals surface area contributed by atoms with Gasteiger partial charge in [0.1, 0.15) is 11.5 Å². The van der Waals surface area contributed by atoms with Crippen molar-refractivity contribution < 1.29 is 14.6 Å². The number of rotatable bonds is 4. The van der Waals surface area contributed by atoms with Crippen LogP contribution < -0.4 is 4.74 Å². The second-order valence-corrected chi connectivity index (χ2v) is 5.69. The van der Waals surface area contributed by atoms with Gasteiger partial charge in [-0.2, -0.15) is 0 Å². The number of carboxylic acids is 1. The van der Waals surface area contributed by atoms with Crippen molar-refractivity contribution in [2.75, 3.05) is 0 Å². The number of ether oxygens (including phenoxy) is 1. The van der Waals surface area contributed by atoms with Crippen molar-refractivity contribution in [2.45, 2.75) is 19.8 Å². The lowest BCUT2D eigenvalue weighted by molar-refractivity contribution is 0.0696. The van der Waals surface area contributed by atoms with Crippen LogP contribution in [0, 0.1) is 0 Å². The van der Waals surface area contributed by atoms with Gasteiger partial charge in [0.15, 0.2) is 0 Å². The molecule has 2 aromatic carbocycles. The van der Waals surface area contributed by atoms with Crippen LogP contribution in [0.5, 0.6) is 11.5 Å². The first-order valence-electron chi connectivity index (χ1n) is 6.28. The molecule has 3 nitrogen and oxygen atoms in total. The van der Waals surface area contributed by atoms with Gasteiger partial charge in [-0.1, -0.05) is 48.0 Å². The fourth-order valence-corrected chi connectivity index (χ4v) is 2.39. The molecule has 0 aromatic heterocycles. The Labute approximate surface area is 126 Å². The number of halogens is 1. The summed E-state index contributed by atoms with van der Waals surface area (Å²) in [6, 6.07) is 12.6. The van der Waals surface area contributed by atoms with E-state index in [1.54, 1.807) is 12.1 Å². The maximum atomic E-state index is 11.1. The average Bonchev–Trinajstić information content (AvgIpc) is 2.38. The first-order chi connectivity index (χ1) is 9.47. The molecule has 0 aliphatic heterocycles. The molecule has 2 aromatic rings. The number of para-hydroxylation sites is 1. The maximum Gasteiger partial charge on any atom is 0.335 e. The smallest absolute Gasteiger partial charge is 0.335 e. The van der Waals surface area contributed by atoms with E-state index in [4.69, 9.17) is 9.84 Å². The van der Waals surface area contributed by atoms with Gasteiger partial charge < -0.3 is 9.84 Å². The topological polar surface area (TPSA) is 46.5 Å². The van der Waals surface area contributed by atoms with Crippen LogP contribution in [0.1, 0.15) is 35.7 Å². The summed E-state index contributed by atoms with van der Waals surface area (Å²) >= 11 is 3.30. The molecule has 2 rings (SSSR count). The highest BCUT2D eigenvalue weighted by molar-refractivity contribution is 9.10. The third kappa shape index (κ3) is 3.39. The fraction of sp³-hybridized carbons (Fsp3) is 0.188. The molecule has 1 N–H and O–H groups in total. The minimum atomic E-state index is -0.978. The molecule has 20 heavy (non-hydrogen) atoms. The van der Waals surface area contributed by atoms with Crippen molar-refractivity contribution in [1.29, 1.82) is 0 Å². The first kappa shape index (κ1) is 14.6. The molecule has 4 heteroatoms. The molecule has 0 heterocycles. The molecular weight excluding hydrogens is 320 g/mol. The number of aromatic carboxylic acids is 1. The van der Waals surface area contributed by atoms with Crippen molar-refractivity contribution in [3.05, 3.63) is 58.1 Å². The van der Waals surface area contributed by atoms with E-state index >= 15 is 0 Å². The first-order valence-corrected chi connectivity index (χ1v) is 7.07. The summed E-state index contributed by atoms with van der Waals surface area (Å²) in [5, 5.41) is 9.07. The summed E-state index contributed by atoms with van der Waals surface area (Å²) in [6.07, 6.45) is 0. The molecule has 0 amide bonds. The Bertz CT molecular complexity index is 635. The van der Waals surface area contributed by atoms with Gasteiger partial charge in [-0.3, -0.25) is 0 Å². The van der Waals surface area contributed by atoms with Crippen LogP contribution in [0.3, 0.4) is 0 Å². The largest absolute Gasteiger partial charge is 0.478 e. The molecule has 0 fully saturated rings. The number of benzene rings is 2. The Morgan fingerprint density at radius 2 is 1.90 bits per heavy atom. The van der Waals surface area contributed by atoms with Gasteiger partial charge in [0.05, 0.1) is 5.56 Å². The zero-order chi connectivity index (χ0) is 14.7. The Morgan fingerprint density at radius 3 is 2.55 bits per heavy atom. The highest BCUT2D eigenvalue weighted by Crippen LogP contribution is 2.32. The van der Waals surface area contributed by atoms with Crippen molar-refractivity contribution in [3.8, 4) is 11.5 Å². The van der Waals surface area contributed by atoms with Crippen molar-refractivity contribution in [3.63, 3.8) is 0 Å². The van der Waals surface area contributed by atoms with Gasteiger partial charge in [0.25, 0.3) is 0 Å². The summed E-state index contributed by atoms with van der Waals surface area (Å²) < 4.78 is 6.52. The molecule has 0 spiro atoms. The third-order valence-electron chi connectivity index (χ3n) is 2.89. The van der Waals surface area contributed by atoms with E-state index in [0.717, 1.165) is 11.3 Å². The molecule has 0 aliphatic rings. The Kier molecular flexibility index (Phi) is 4.45.